The topological polar surface area (TPSA) is 89.7 Å². The van der Waals surface area contributed by atoms with Crippen molar-refractivity contribution < 1.29 is 31.1 Å². The van der Waals surface area contributed by atoms with E-state index in [1.54, 1.807) is 0 Å². The normalized spacial score (nSPS) is 19.3. The number of carbonyl (C=O) groups excluding carboxylic acids is 1. The number of hydrogen-bond donors (Lipinski definition) is 1. The summed E-state index contributed by atoms with van der Waals surface area (Å²) in [6, 6.07) is 4.42. The van der Waals surface area contributed by atoms with Gasteiger partial charge in [-0.3, -0.25) is 4.79 Å². The minimum Gasteiger partial charge on any atom is -0.406 e. The Labute approximate surface area is 124 Å². The molecule has 1 heterocycles. The van der Waals surface area contributed by atoms with Crippen molar-refractivity contribution in [2.24, 2.45) is 5.14 Å². The molecule has 0 aliphatic carbocycles. The van der Waals surface area contributed by atoms with Crippen LogP contribution >= 0.6 is 0 Å². The number of halogens is 3. The van der Waals surface area contributed by atoms with Gasteiger partial charge < -0.3 is 9.64 Å². The molecule has 0 bridgehead atoms. The Kier molecular flexibility index (Phi) is 4.34. The fraction of sp³-hybridized carbons (Fsp3) is 0.417. The molecule has 1 atom stereocenters. The summed E-state index contributed by atoms with van der Waals surface area (Å²) >= 11 is 0. The van der Waals surface area contributed by atoms with E-state index in [-0.39, 0.29) is 25.1 Å². The molecule has 1 saturated heterocycles. The minimum absolute atomic E-state index is 0.0293. The molecule has 1 aromatic carbocycles. The Morgan fingerprint density at radius 2 is 1.86 bits per heavy atom. The molecule has 0 aromatic heterocycles. The second kappa shape index (κ2) is 5.76. The highest BCUT2D eigenvalue weighted by molar-refractivity contribution is 7.89. The van der Waals surface area contributed by atoms with Crippen LogP contribution in [0.5, 0.6) is 5.75 Å². The number of alkyl halides is 3. The number of rotatable bonds is 3. The summed E-state index contributed by atoms with van der Waals surface area (Å²) in [5, 5.41) is 4.22. The number of benzene rings is 1. The minimum atomic E-state index is -4.80. The van der Waals surface area contributed by atoms with Gasteiger partial charge in [-0.05, 0) is 30.7 Å². The van der Waals surface area contributed by atoms with Crippen molar-refractivity contribution >= 4 is 15.9 Å². The van der Waals surface area contributed by atoms with Crippen LogP contribution in [0.15, 0.2) is 24.3 Å². The number of likely N-dealkylation sites (tertiary alicyclic amines) is 1. The molecule has 22 heavy (non-hydrogen) atoms. The monoisotopic (exact) mass is 338 g/mol. The van der Waals surface area contributed by atoms with Crippen LogP contribution in [0.1, 0.15) is 16.8 Å². The Bertz CT molecular complexity index is 658. The van der Waals surface area contributed by atoms with Gasteiger partial charge in [0.25, 0.3) is 5.91 Å². The zero-order valence-electron chi connectivity index (χ0n) is 11.2. The zero-order chi connectivity index (χ0) is 16.5. The van der Waals surface area contributed by atoms with E-state index < -0.39 is 33.3 Å². The van der Waals surface area contributed by atoms with E-state index in [0.717, 1.165) is 12.1 Å². The van der Waals surface area contributed by atoms with Gasteiger partial charge in [0, 0.05) is 18.7 Å². The first kappa shape index (κ1) is 16.6. The average Bonchev–Trinajstić information content (AvgIpc) is 2.86. The van der Waals surface area contributed by atoms with Gasteiger partial charge in [-0.2, -0.15) is 0 Å². The van der Waals surface area contributed by atoms with Crippen molar-refractivity contribution in [3.63, 3.8) is 0 Å². The zero-order valence-corrected chi connectivity index (χ0v) is 12.0. The van der Waals surface area contributed by atoms with Gasteiger partial charge in [-0.15, -0.1) is 13.2 Å². The van der Waals surface area contributed by atoms with E-state index in [1.807, 2.05) is 0 Å². The molecule has 2 rings (SSSR count). The molecule has 0 spiro atoms. The highest BCUT2D eigenvalue weighted by atomic mass is 32.2. The summed E-state index contributed by atoms with van der Waals surface area (Å²) < 4.78 is 62.3. The lowest BCUT2D eigenvalue weighted by Crippen LogP contribution is -2.34. The smallest absolute Gasteiger partial charge is 0.406 e. The van der Waals surface area contributed by atoms with Crippen LogP contribution in [0.25, 0.3) is 0 Å². The molecule has 122 valence electrons. The number of primary sulfonamides is 1. The molecule has 10 heteroatoms. The van der Waals surface area contributed by atoms with E-state index >= 15 is 0 Å². The summed E-state index contributed by atoms with van der Waals surface area (Å²) in [6.07, 6.45) is -4.57. The molecular formula is C12H13F3N2O4S. The highest BCUT2D eigenvalue weighted by Crippen LogP contribution is 2.24. The maximum Gasteiger partial charge on any atom is 0.573 e. The molecule has 1 aromatic rings. The Hall–Kier alpha value is -1.81. The molecule has 1 amide bonds. The van der Waals surface area contributed by atoms with Gasteiger partial charge in [-0.25, -0.2) is 13.6 Å². The average molecular weight is 338 g/mol. The van der Waals surface area contributed by atoms with Gasteiger partial charge in [0.2, 0.25) is 10.0 Å². The van der Waals surface area contributed by atoms with Crippen LogP contribution in [-0.2, 0) is 10.0 Å². The van der Waals surface area contributed by atoms with Crippen LogP contribution in [-0.4, -0.2) is 43.9 Å². The fourth-order valence-corrected chi connectivity index (χ4v) is 2.98. The van der Waals surface area contributed by atoms with Gasteiger partial charge in [-0.1, -0.05) is 0 Å². The van der Waals surface area contributed by atoms with Gasteiger partial charge >= 0.3 is 6.36 Å². The number of sulfonamides is 1. The maximum absolute atomic E-state index is 12.1. The van der Waals surface area contributed by atoms with Crippen molar-refractivity contribution in [1.29, 1.82) is 0 Å². The predicted octanol–water partition coefficient (Wildman–Crippen LogP) is 1.09. The van der Waals surface area contributed by atoms with E-state index in [4.69, 9.17) is 5.14 Å². The van der Waals surface area contributed by atoms with Crippen molar-refractivity contribution in [3.05, 3.63) is 29.8 Å². The van der Waals surface area contributed by atoms with Crippen LogP contribution in [0.4, 0.5) is 13.2 Å². The number of hydrogen-bond acceptors (Lipinski definition) is 4. The Morgan fingerprint density at radius 1 is 1.27 bits per heavy atom. The van der Waals surface area contributed by atoms with Crippen LogP contribution in [0.2, 0.25) is 0 Å². The molecule has 1 aliphatic heterocycles. The summed E-state index contributed by atoms with van der Waals surface area (Å²) in [5.74, 6) is -0.905. The van der Waals surface area contributed by atoms with Gasteiger partial charge in [0.15, 0.2) is 0 Å². The summed E-state index contributed by atoms with van der Waals surface area (Å²) in [7, 11) is -3.72. The first-order valence-corrected chi connectivity index (χ1v) is 7.84. The number of amides is 1. The SMILES string of the molecule is NS(=O)(=O)[C@@H]1CCN(C(=O)c2ccc(OC(F)(F)F)cc2)C1. The lowest BCUT2D eigenvalue weighted by Gasteiger charge is -2.16. The Morgan fingerprint density at radius 3 is 2.32 bits per heavy atom. The quantitative estimate of drug-likeness (QED) is 0.893. The summed E-state index contributed by atoms with van der Waals surface area (Å²) in [4.78, 5) is 13.4. The standard InChI is InChI=1S/C12H13F3N2O4S/c13-12(14,15)21-9-3-1-8(2-4-9)11(18)17-6-5-10(7-17)22(16,19)20/h1-4,10H,5-7H2,(H2,16,19,20)/t10-/m1/s1. The van der Waals surface area contributed by atoms with E-state index in [0.29, 0.717) is 0 Å². The molecule has 0 saturated carbocycles. The molecule has 1 aliphatic rings. The highest BCUT2D eigenvalue weighted by Gasteiger charge is 2.34. The van der Waals surface area contributed by atoms with Crippen molar-refractivity contribution in [2.45, 2.75) is 18.0 Å². The molecule has 0 unspecified atom stereocenters. The largest absolute Gasteiger partial charge is 0.573 e. The van der Waals surface area contributed by atoms with E-state index in [1.165, 1.54) is 17.0 Å². The van der Waals surface area contributed by atoms with Crippen LogP contribution < -0.4 is 9.88 Å². The fourth-order valence-electron chi connectivity index (χ4n) is 2.16. The summed E-state index contributed by atoms with van der Waals surface area (Å²) in [5.41, 5.74) is 0.143. The number of ether oxygens (including phenoxy) is 1. The van der Waals surface area contributed by atoms with Gasteiger partial charge in [0.1, 0.15) is 5.75 Å². The molecule has 0 radical (unpaired) electrons. The first-order chi connectivity index (χ1) is 10.1. The van der Waals surface area contributed by atoms with Crippen molar-refractivity contribution in [1.82, 2.24) is 4.90 Å². The number of nitrogens with two attached hydrogens (primary N) is 1. The summed E-state index contributed by atoms with van der Waals surface area (Å²) in [6.45, 7) is 0.194. The first-order valence-electron chi connectivity index (χ1n) is 6.23. The van der Waals surface area contributed by atoms with Crippen molar-refractivity contribution in [3.8, 4) is 5.75 Å². The lowest BCUT2D eigenvalue weighted by molar-refractivity contribution is -0.274. The van der Waals surface area contributed by atoms with E-state index in [9.17, 15) is 26.4 Å². The molecular weight excluding hydrogens is 325 g/mol. The predicted molar refractivity (Wildman–Crippen MR) is 70.5 cm³/mol. The van der Waals surface area contributed by atoms with Crippen LogP contribution in [0, 0.1) is 0 Å². The number of carbonyl (C=O) groups is 1. The second-order valence-corrected chi connectivity index (χ2v) is 6.67. The maximum atomic E-state index is 12.1. The third kappa shape index (κ3) is 4.10. The van der Waals surface area contributed by atoms with Crippen LogP contribution in [0.3, 0.4) is 0 Å². The molecule has 1 fully saturated rings. The van der Waals surface area contributed by atoms with E-state index in [2.05, 4.69) is 4.74 Å². The van der Waals surface area contributed by atoms with Crippen molar-refractivity contribution in [2.75, 3.05) is 13.1 Å². The molecule has 2 N–H and O–H groups in total. The molecule has 6 nitrogen and oxygen atoms in total. The number of nitrogens with zero attached hydrogens (tertiary/aromatic N) is 1. The third-order valence-corrected chi connectivity index (χ3v) is 4.55. The third-order valence-electron chi connectivity index (χ3n) is 3.23. The second-order valence-electron chi connectivity index (χ2n) is 4.82. The lowest BCUT2D eigenvalue weighted by atomic mass is 10.2. The van der Waals surface area contributed by atoms with Gasteiger partial charge in [0.05, 0.1) is 5.25 Å². The Balaban J connectivity index is 2.05.